The molecule has 2 rings (SSSR count). The molecule has 0 aliphatic heterocycles. The van der Waals surface area contributed by atoms with Gasteiger partial charge in [-0.05, 0) is 36.8 Å². The zero-order chi connectivity index (χ0) is 14.7. The minimum atomic E-state index is -0.543. The van der Waals surface area contributed by atoms with Gasteiger partial charge in [-0.25, -0.2) is 0 Å². The van der Waals surface area contributed by atoms with Crippen molar-refractivity contribution < 1.29 is 9.84 Å². The summed E-state index contributed by atoms with van der Waals surface area (Å²) in [7, 11) is 3.95. The maximum atomic E-state index is 9.52. The largest absolute Gasteiger partial charge is 0.456 e. The number of rotatable bonds is 4. The first kappa shape index (κ1) is 14.7. The first-order valence-electron chi connectivity index (χ1n) is 6.40. The molecule has 4 heteroatoms. The molecular weight excluding hydrogens is 274 g/mol. The topological polar surface area (TPSA) is 32.7 Å². The molecule has 1 atom stereocenters. The summed E-state index contributed by atoms with van der Waals surface area (Å²) in [6.45, 7) is 1.70. The second-order valence-corrected chi connectivity index (χ2v) is 5.27. The molecule has 20 heavy (non-hydrogen) atoms. The molecule has 0 spiro atoms. The number of halogens is 1. The third-order valence-electron chi connectivity index (χ3n) is 3.00. The predicted octanol–water partition coefficient (Wildman–Crippen LogP) is 4.25. The van der Waals surface area contributed by atoms with Crippen LogP contribution in [0.2, 0.25) is 5.02 Å². The number of anilines is 1. The molecule has 0 fully saturated rings. The number of hydrogen-bond donors (Lipinski definition) is 1. The molecule has 2 aromatic carbocycles. The van der Waals surface area contributed by atoms with Gasteiger partial charge in [-0.2, -0.15) is 0 Å². The fourth-order valence-electron chi connectivity index (χ4n) is 1.81. The molecule has 0 aliphatic rings. The fourth-order valence-corrected chi connectivity index (χ4v) is 2.04. The summed E-state index contributed by atoms with van der Waals surface area (Å²) < 4.78 is 5.79. The van der Waals surface area contributed by atoms with Crippen molar-refractivity contribution in [3.63, 3.8) is 0 Å². The van der Waals surface area contributed by atoms with E-state index in [9.17, 15) is 5.11 Å². The lowest BCUT2D eigenvalue weighted by Gasteiger charge is -2.15. The normalized spacial score (nSPS) is 12.1. The van der Waals surface area contributed by atoms with E-state index in [1.807, 2.05) is 49.3 Å². The molecule has 0 aliphatic carbocycles. The first-order chi connectivity index (χ1) is 9.47. The Morgan fingerprint density at radius 2 is 1.90 bits per heavy atom. The molecular formula is C16H18ClNO2. The van der Waals surface area contributed by atoms with Gasteiger partial charge in [0.25, 0.3) is 0 Å². The van der Waals surface area contributed by atoms with Crippen LogP contribution in [0, 0.1) is 0 Å². The average molecular weight is 292 g/mol. The van der Waals surface area contributed by atoms with E-state index in [2.05, 4.69) is 0 Å². The molecule has 0 saturated heterocycles. The maximum Gasteiger partial charge on any atom is 0.146 e. The summed E-state index contributed by atoms with van der Waals surface area (Å²) in [5.74, 6) is 1.30. The summed E-state index contributed by atoms with van der Waals surface area (Å²) in [6.07, 6.45) is -0.543. The van der Waals surface area contributed by atoms with Gasteiger partial charge < -0.3 is 14.7 Å². The number of aliphatic hydroxyl groups is 1. The predicted molar refractivity (Wildman–Crippen MR) is 82.9 cm³/mol. The third-order valence-corrected chi connectivity index (χ3v) is 3.30. The molecule has 3 nitrogen and oxygen atoms in total. The summed E-state index contributed by atoms with van der Waals surface area (Å²) in [4.78, 5) is 2.00. The second-order valence-electron chi connectivity index (χ2n) is 4.86. The fraction of sp³-hybridized carbons (Fsp3) is 0.250. The molecule has 0 amide bonds. The number of hydrogen-bond acceptors (Lipinski definition) is 3. The van der Waals surface area contributed by atoms with Crippen molar-refractivity contribution in [1.82, 2.24) is 0 Å². The summed E-state index contributed by atoms with van der Waals surface area (Å²) in [5, 5.41) is 10.0. The van der Waals surface area contributed by atoms with Gasteiger partial charge in [0.2, 0.25) is 0 Å². The number of benzene rings is 2. The van der Waals surface area contributed by atoms with Crippen LogP contribution in [-0.4, -0.2) is 19.2 Å². The van der Waals surface area contributed by atoms with Crippen molar-refractivity contribution in [1.29, 1.82) is 0 Å². The van der Waals surface area contributed by atoms with Crippen LogP contribution >= 0.6 is 11.6 Å². The van der Waals surface area contributed by atoms with Crippen molar-refractivity contribution in [2.75, 3.05) is 19.0 Å². The Morgan fingerprint density at radius 3 is 2.50 bits per heavy atom. The van der Waals surface area contributed by atoms with Crippen molar-refractivity contribution >= 4 is 17.3 Å². The van der Waals surface area contributed by atoms with Crippen molar-refractivity contribution in [2.24, 2.45) is 0 Å². The van der Waals surface area contributed by atoms with Gasteiger partial charge in [-0.15, -0.1) is 0 Å². The maximum absolute atomic E-state index is 9.52. The Balaban J connectivity index is 2.24. The third kappa shape index (κ3) is 3.44. The van der Waals surface area contributed by atoms with Crippen LogP contribution in [0.3, 0.4) is 0 Å². The van der Waals surface area contributed by atoms with E-state index in [0.29, 0.717) is 10.8 Å². The smallest absolute Gasteiger partial charge is 0.146 e. The quantitative estimate of drug-likeness (QED) is 0.914. The van der Waals surface area contributed by atoms with Gasteiger partial charge in [-0.3, -0.25) is 0 Å². The molecule has 106 valence electrons. The lowest BCUT2D eigenvalue weighted by Crippen LogP contribution is -2.08. The highest BCUT2D eigenvalue weighted by molar-refractivity contribution is 6.32. The van der Waals surface area contributed by atoms with Crippen LogP contribution in [0.5, 0.6) is 11.5 Å². The summed E-state index contributed by atoms with van der Waals surface area (Å²) in [5.41, 5.74) is 1.82. The highest BCUT2D eigenvalue weighted by atomic mass is 35.5. The molecule has 0 bridgehead atoms. The van der Waals surface area contributed by atoms with Crippen molar-refractivity contribution in [3.8, 4) is 11.5 Å². The average Bonchev–Trinajstić information content (AvgIpc) is 2.41. The number of nitrogens with zero attached hydrogens (tertiary/aromatic N) is 1. The monoisotopic (exact) mass is 291 g/mol. The van der Waals surface area contributed by atoms with E-state index in [4.69, 9.17) is 16.3 Å². The molecule has 0 radical (unpaired) electrons. The van der Waals surface area contributed by atoms with E-state index in [-0.39, 0.29) is 0 Å². The van der Waals surface area contributed by atoms with E-state index >= 15 is 0 Å². The molecule has 0 unspecified atom stereocenters. The van der Waals surface area contributed by atoms with Gasteiger partial charge in [-0.1, -0.05) is 23.7 Å². The lowest BCUT2D eigenvalue weighted by molar-refractivity contribution is 0.199. The van der Waals surface area contributed by atoms with E-state index in [1.54, 1.807) is 19.1 Å². The Bertz CT molecular complexity index is 597. The highest BCUT2D eigenvalue weighted by Gasteiger charge is 2.08. The van der Waals surface area contributed by atoms with Crippen LogP contribution in [-0.2, 0) is 0 Å². The minimum absolute atomic E-state index is 0.485. The van der Waals surface area contributed by atoms with Crippen molar-refractivity contribution in [3.05, 3.63) is 53.1 Å². The van der Waals surface area contributed by atoms with E-state index in [0.717, 1.165) is 17.0 Å². The minimum Gasteiger partial charge on any atom is -0.456 e. The van der Waals surface area contributed by atoms with Gasteiger partial charge in [0.15, 0.2) is 0 Å². The van der Waals surface area contributed by atoms with Gasteiger partial charge in [0, 0.05) is 25.8 Å². The van der Waals surface area contributed by atoms with Crippen molar-refractivity contribution in [2.45, 2.75) is 13.0 Å². The zero-order valence-corrected chi connectivity index (χ0v) is 12.6. The Labute approximate surface area is 124 Å². The lowest BCUT2D eigenvalue weighted by atomic mass is 10.1. The Kier molecular flexibility index (Phi) is 4.53. The summed E-state index contributed by atoms with van der Waals surface area (Å²) in [6, 6.07) is 13.1. The summed E-state index contributed by atoms with van der Waals surface area (Å²) >= 11 is 6.18. The van der Waals surface area contributed by atoms with Crippen LogP contribution in [0.25, 0.3) is 0 Å². The number of ether oxygens (including phenoxy) is 1. The van der Waals surface area contributed by atoms with Crippen LogP contribution < -0.4 is 9.64 Å². The van der Waals surface area contributed by atoms with Crippen LogP contribution in [0.15, 0.2) is 42.5 Å². The first-order valence-corrected chi connectivity index (χ1v) is 6.78. The second kappa shape index (κ2) is 6.16. The Hall–Kier alpha value is -1.71. The van der Waals surface area contributed by atoms with Gasteiger partial charge >= 0.3 is 0 Å². The Morgan fingerprint density at radius 1 is 1.15 bits per heavy atom. The standard InChI is InChI=1S/C16H18ClNO2/c1-11(19)12-7-8-16(15(17)9-12)20-14-6-4-5-13(10-14)18(2)3/h4-11,19H,1-3H3/t11-/m1/s1. The molecule has 0 aromatic heterocycles. The van der Waals surface area contributed by atoms with Crippen LogP contribution in [0.4, 0.5) is 5.69 Å². The van der Waals surface area contributed by atoms with Gasteiger partial charge in [0.05, 0.1) is 11.1 Å². The SMILES string of the molecule is C[C@@H](O)c1ccc(Oc2cccc(N(C)C)c2)c(Cl)c1. The molecule has 1 N–H and O–H groups in total. The molecule has 2 aromatic rings. The molecule has 0 saturated carbocycles. The van der Waals surface area contributed by atoms with E-state index < -0.39 is 6.10 Å². The van der Waals surface area contributed by atoms with E-state index in [1.165, 1.54) is 0 Å². The van der Waals surface area contributed by atoms with Crippen LogP contribution in [0.1, 0.15) is 18.6 Å². The zero-order valence-electron chi connectivity index (χ0n) is 11.8. The molecule has 0 heterocycles. The number of aliphatic hydroxyl groups excluding tert-OH is 1. The highest BCUT2D eigenvalue weighted by Crippen LogP contribution is 2.32. The van der Waals surface area contributed by atoms with Gasteiger partial charge in [0.1, 0.15) is 11.5 Å².